The predicted molar refractivity (Wildman–Crippen MR) is 116 cm³/mol. The van der Waals surface area contributed by atoms with Crippen molar-refractivity contribution in [2.75, 3.05) is 17.2 Å². The molecule has 144 valence electrons. The zero-order chi connectivity index (χ0) is 19.9. The molecule has 0 bridgehead atoms. The van der Waals surface area contributed by atoms with E-state index in [9.17, 15) is 4.79 Å². The maximum absolute atomic E-state index is 12.0. The molecule has 0 atom stereocenters. The number of halogens is 3. The van der Waals surface area contributed by atoms with Gasteiger partial charge in [-0.05, 0) is 54.1 Å². The van der Waals surface area contributed by atoms with Crippen molar-refractivity contribution >= 4 is 52.1 Å². The maximum atomic E-state index is 12.0. The lowest BCUT2D eigenvalue weighted by molar-refractivity contribution is -0.118. The van der Waals surface area contributed by atoms with Crippen LogP contribution in [0.25, 0.3) is 0 Å². The highest BCUT2D eigenvalue weighted by atomic mass is 35.5. The van der Waals surface area contributed by atoms with E-state index in [4.69, 9.17) is 39.5 Å². The van der Waals surface area contributed by atoms with Crippen LogP contribution in [-0.2, 0) is 11.3 Å². The second kappa shape index (κ2) is 9.69. The van der Waals surface area contributed by atoms with Crippen molar-refractivity contribution in [2.24, 2.45) is 0 Å². The largest absolute Gasteiger partial charge is 0.482 e. The summed E-state index contributed by atoms with van der Waals surface area (Å²) in [5.41, 5.74) is 2.47. The Morgan fingerprint density at radius 2 is 1.64 bits per heavy atom. The molecule has 28 heavy (non-hydrogen) atoms. The number of nitrogens with one attached hydrogen (secondary N) is 2. The number of amides is 1. The molecule has 0 aliphatic carbocycles. The molecular weight excluding hydrogens is 419 g/mol. The van der Waals surface area contributed by atoms with Gasteiger partial charge in [-0.2, -0.15) is 0 Å². The number of hydrogen-bond donors (Lipinski definition) is 2. The smallest absolute Gasteiger partial charge is 0.262 e. The van der Waals surface area contributed by atoms with E-state index in [-0.39, 0.29) is 12.5 Å². The van der Waals surface area contributed by atoms with Crippen LogP contribution >= 0.6 is 34.8 Å². The molecule has 0 aliphatic rings. The first-order chi connectivity index (χ1) is 13.5. The van der Waals surface area contributed by atoms with Gasteiger partial charge in [0, 0.05) is 17.3 Å². The molecule has 0 fully saturated rings. The van der Waals surface area contributed by atoms with E-state index in [1.807, 2.05) is 30.3 Å². The first-order valence-electron chi connectivity index (χ1n) is 8.46. The Morgan fingerprint density at radius 3 is 2.36 bits per heavy atom. The highest BCUT2D eigenvalue weighted by Gasteiger charge is 2.09. The lowest BCUT2D eigenvalue weighted by Crippen LogP contribution is -2.20. The summed E-state index contributed by atoms with van der Waals surface area (Å²) >= 11 is 18.2. The second-order valence-electron chi connectivity index (χ2n) is 5.94. The van der Waals surface area contributed by atoms with Gasteiger partial charge in [0.2, 0.25) is 0 Å². The van der Waals surface area contributed by atoms with Crippen LogP contribution < -0.4 is 15.4 Å². The molecule has 0 aliphatic heterocycles. The van der Waals surface area contributed by atoms with E-state index in [2.05, 4.69) is 10.6 Å². The molecule has 1 amide bonds. The molecule has 0 saturated carbocycles. The number of benzene rings is 3. The minimum Gasteiger partial charge on any atom is -0.482 e. The van der Waals surface area contributed by atoms with Crippen LogP contribution in [0.3, 0.4) is 0 Å². The third-order valence-corrected chi connectivity index (χ3v) is 4.72. The van der Waals surface area contributed by atoms with E-state index < -0.39 is 0 Å². The molecule has 7 heteroatoms. The summed E-state index contributed by atoms with van der Waals surface area (Å²) in [6.07, 6.45) is 0. The van der Waals surface area contributed by atoms with Crippen LogP contribution in [0.2, 0.25) is 15.1 Å². The van der Waals surface area contributed by atoms with Crippen LogP contribution in [0.15, 0.2) is 66.7 Å². The second-order valence-corrected chi connectivity index (χ2v) is 7.19. The van der Waals surface area contributed by atoms with Gasteiger partial charge in [0.25, 0.3) is 5.91 Å². The Balaban J connectivity index is 1.53. The van der Waals surface area contributed by atoms with Crippen LogP contribution in [-0.4, -0.2) is 12.5 Å². The lowest BCUT2D eigenvalue weighted by Gasteiger charge is -2.11. The van der Waals surface area contributed by atoms with Gasteiger partial charge < -0.3 is 15.4 Å². The topological polar surface area (TPSA) is 50.4 Å². The number of anilines is 2. The van der Waals surface area contributed by atoms with Crippen molar-refractivity contribution in [2.45, 2.75) is 6.54 Å². The summed E-state index contributed by atoms with van der Waals surface area (Å²) < 4.78 is 5.52. The average Bonchev–Trinajstić information content (AvgIpc) is 2.68. The molecule has 0 heterocycles. The van der Waals surface area contributed by atoms with Crippen molar-refractivity contribution < 1.29 is 9.53 Å². The fourth-order valence-corrected chi connectivity index (χ4v) is 3.00. The third kappa shape index (κ3) is 5.80. The summed E-state index contributed by atoms with van der Waals surface area (Å²) in [4.78, 5) is 12.0. The lowest BCUT2D eigenvalue weighted by atomic mass is 10.2. The highest BCUT2D eigenvalue weighted by molar-refractivity contribution is 6.33. The van der Waals surface area contributed by atoms with Crippen LogP contribution in [0, 0.1) is 0 Å². The number of hydrogen-bond acceptors (Lipinski definition) is 3. The first-order valence-corrected chi connectivity index (χ1v) is 9.60. The molecule has 0 saturated heterocycles. The Labute approximate surface area is 178 Å². The molecule has 3 aromatic carbocycles. The summed E-state index contributed by atoms with van der Waals surface area (Å²) in [5.74, 6) is 0.115. The molecule has 2 N–H and O–H groups in total. The fraction of sp³-hybridized carbons (Fsp3) is 0.0952. The Hall–Kier alpha value is -2.40. The Morgan fingerprint density at radius 1 is 0.893 bits per heavy atom. The zero-order valence-corrected chi connectivity index (χ0v) is 17.0. The normalized spacial score (nSPS) is 10.4. The Bertz CT molecular complexity index is 962. The van der Waals surface area contributed by atoms with Gasteiger partial charge in [0.05, 0.1) is 15.7 Å². The average molecular weight is 436 g/mol. The monoisotopic (exact) mass is 434 g/mol. The van der Waals surface area contributed by atoms with E-state index in [0.717, 1.165) is 11.3 Å². The van der Waals surface area contributed by atoms with Crippen molar-refractivity contribution in [1.82, 2.24) is 0 Å². The van der Waals surface area contributed by atoms with Gasteiger partial charge in [-0.15, -0.1) is 0 Å². The quantitative estimate of drug-likeness (QED) is 0.459. The van der Waals surface area contributed by atoms with Gasteiger partial charge in [0.1, 0.15) is 5.75 Å². The third-order valence-electron chi connectivity index (χ3n) is 3.84. The number of para-hydroxylation sites is 1. The number of carbonyl (C=O) groups is 1. The molecule has 0 aromatic heterocycles. The summed E-state index contributed by atoms with van der Waals surface area (Å²) in [6.45, 7) is 0.419. The summed E-state index contributed by atoms with van der Waals surface area (Å²) in [5, 5.41) is 7.56. The minimum absolute atomic E-state index is 0.173. The molecule has 3 aromatic rings. The molecule has 4 nitrogen and oxygen atoms in total. The first kappa shape index (κ1) is 20.3. The van der Waals surface area contributed by atoms with Crippen molar-refractivity contribution in [3.8, 4) is 5.75 Å². The van der Waals surface area contributed by atoms with Crippen LogP contribution in [0.5, 0.6) is 5.75 Å². The van der Waals surface area contributed by atoms with E-state index in [1.54, 1.807) is 36.4 Å². The van der Waals surface area contributed by atoms with Gasteiger partial charge >= 0.3 is 0 Å². The minimum atomic E-state index is -0.322. The van der Waals surface area contributed by atoms with Gasteiger partial charge in [-0.1, -0.05) is 53.0 Å². The molecule has 0 spiro atoms. The maximum Gasteiger partial charge on any atom is 0.262 e. The van der Waals surface area contributed by atoms with Crippen LogP contribution in [0.1, 0.15) is 5.56 Å². The Kier molecular flexibility index (Phi) is 7.04. The zero-order valence-electron chi connectivity index (χ0n) is 14.7. The van der Waals surface area contributed by atoms with E-state index in [0.29, 0.717) is 33.0 Å². The predicted octanol–water partition coefficient (Wildman–Crippen LogP) is 6.28. The van der Waals surface area contributed by atoms with Crippen LogP contribution in [0.4, 0.5) is 11.4 Å². The van der Waals surface area contributed by atoms with Crippen molar-refractivity contribution in [3.05, 3.63) is 87.4 Å². The highest BCUT2D eigenvalue weighted by Crippen LogP contribution is 2.26. The number of ether oxygens (including phenoxy) is 1. The van der Waals surface area contributed by atoms with Crippen molar-refractivity contribution in [1.29, 1.82) is 0 Å². The summed E-state index contributed by atoms with van der Waals surface area (Å²) in [6, 6.07) is 19.9. The van der Waals surface area contributed by atoms with Crippen molar-refractivity contribution in [3.63, 3.8) is 0 Å². The number of rotatable bonds is 7. The van der Waals surface area contributed by atoms with Gasteiger partial charge in [-0.25, -0.2) is 0 Å². The SMILES string of the molecule is O=C(COc1ccc(CNc2ccc(Cl)cc2)cc1Cl)Nc1ccccc1Cl. The fourth-order valence-electron chi connectivity index (χ4n) is 2.44. The molecule has 0 unspecified atom stereocenters. The molecule has 3 rings (SSSR count). The summed E-state index contributed by atoms with van der Waals surface area (Å²) in [7, 11) is 0. The van der Waals surface area contributed by atoms with E-state index >= 15 is 0 Å². The number of carbonyl (C=O) groups excluding carboxylic acids is 1. The molecular formula is C21H17Cl3N2O2. The van der Waals surface area contributed by atoms with Gasteiger partial charge in [-0.3, -0.25) is 4.79 Å². The molecule has 0 radical (unpaired) electrons. The standard InChI is InChI=1S/C21H17Cl3N2O2/c22-15-6-8-16(9-7-15)25-12-14-5-10-20(18(24)11-14)28-13-21(27)26-19-4-2-1-3-17(19)23/h1-11,25H,12-13H2,(H,26,27). The van der Waals surface area contributed by atoms with Gasteiger partial charge in [0.15, 0.2) is 6.61 Å². The van der Waals surface area contributed by atoms with E-state index in [1.165, 1.54) is 0 Å².